The quantitative estimate of drug-likeness (QED) is 0.433. The van der Waals surface area contributed by atoms with Gasteiger partial charge in [0.1, 0.15) is 5.58 Å². The van der Waals surface area contributed by atoms with Crippen molar-refractivity contribution >= 4 is 16.9 Å². The highest BCUT2D eigenvalue weighted by atomic mass is 16.5. The number of rotatable bonds is 3. The van der Waals surface area contributed by atoms with Crippen LogP contribution in [0.15, 0.2) is 51.4 Å². The van der Waals surface area contributed by atoms with Gasteiger partial charge in [-0.1, -0.05) is 43.3 Å². The van der Waals surface area contributed by atoms with E-state index in [4.69, 9.17) is 13.7 Å². The molecule has 4 aromatic rings. The summed E-state index contributed by atoms with van der Waals surface area (Å²) in [5.74, 6) is 0.873. The van der Waals surface area contributed by atoms with Gasteiger partial charge < -0.3 is 13.7 Å². The summed E-state index contributed by atoms with van der Waals surface area (Å²) in [6.45, 7) is 8.03. The first-order valence-electron chi connectivity index (χ1n) is 9.09. The number of carbonyl (C=O) groups is 1. The normalized spacial score (nSPS) is 10.5. The molecule has 6 nitrogen and oxygen atoms in total. The van der Waals surface area contributed by atoms with E-state index in [0.717, 1.165) is 27.7 Å². The molecule has 0 unspecified atom stereocenters. The lowest BCUT2D eigenvalue weighted by Crippen LogP contribution is -2.00. The molecule has 2 heterocycles. The van der Waals surface area contributed by atoms with Crippen molar-refractivity contribution in [2.45, 2.75) is 27.7 Å². The van der Waals surface area contributed by atoms with E-state index in [1.807, 2.05) is 39.8 Å². The Morgan fingerprint density at radius 1 is 1.00 bits per heavy atom. The second kappa shape index (κ2) is 8.08. The van der Waals surface area contributed by atoms with Gasteiger partial charge in [0, 0.05) is 10.9 Å². The summed E-state index contributed by atoms with van der Waals surface area (Å²) >= 11 is 0. The van der Waals surface area contributed by atoms with Crippen LogP contribution in [0, 0.1) is 13.8 Å². The van der Waals surface area contributed by atoms with E-state index in [2.05, 4.69) is 16.2 Å². The number of hydrogen-bond donors (Lipinski definition) is 0. The number of esters is 1. The van der Waals surface area contributed by atoms with Crippen LogP contribution in [0.25, 0.3) is 34.0 Å². The lowest BCUT2D eigenvalue weighted by molar-refractivity contribution is 0.0600. The fourth-order valence-corrected chi connectivity index (χ4v) is 2.81. The molecule has 0 bridgehead atoms. The van der Waals surface area contributed by atoms with E-state index in [1.54, 1.807) is 24.3 Å². The Kier molecular flexibility index (Phi) is 5.59. The number of fused-ring (bicyclic) bond motifs is 1. The molecule has 0 spiro atoms. The fourth-order valence-electron chi connectivity index (χ4n) is 2.81. The molecule has 144 valence electrons. The Labute approximate surface area is 163 Å². The number of hydrogen-bond acceptors (Lipinski definition) is 6. The molecule has 0 aliphatic rings. The molecule has 28 heavy (non-hydrogen) atoms. The van der Waals surface area contributed by atoms with E-state index in [9.17, 15) is 4.79 Å². The van der Waals surface area contributed by atoms with Crippen molar-refractivity contribution in [2.75, 3.05) is 7.11 Å². The average molecular weight is 378 g/mol. The van der Waals surface area contributed by atoms with Gasteiger partial charge in [-0.3, -0.25) is 0 Å². The van der Waals surface area contributed by atoms with Crippen LogP contribution in [0.2, 0.25) is 0 Å². The molecule has 2 aromatic heterocycles. The van der Waals surface area contributed by atoms with Crippen LogP contribution in [-0.2, 0) is 4.74 Å². The molecule has 0 amide bonds. The van der Waals surface area contributed by atoms with E-state index in [-0.39, 0.29) is 0 Å². The second-order valence-corrected chi connectivity index (χ2v) is 6.04. The third kappa shape index (κ3) is 3.53. The standard InChI is InChI=1S/C20H16N2O4.C2H6/c1-11-4-5-12(2)17-15(11)10-16(25-17)19-21-18(22-26-19)13-6-8-14(9-7-13)20(23)24-3;1-2/h4-10H,1-3H3;1-2H3. The third-order valence-electron chi connectivity index (χ3n) is 4.30. The van der Waals surface area contributed by atoms with Crippen LogP contribution in [0.4, 0.5) is 0 Å². The number of carbonyl (C=O) groups excluding carboxylic acids is 1. The minimum absolute atomic E-state index is 0.312. The first-order chi connectivity index (χ1) is 13.6. The molecule has 2 aromatic carbocycles. The molecule has 0 saturated carbocycles. The van der Waals surface area contributed by atoms with Gasteiger partial charge >= 0.3 is 5.97 Å². The lowest BCUT2D eigenvalue weighted by Gasteiger charge is -1.99. The maximum Gasteiger partial charge on any atom is 0.337 e. The maximum absolute atomic E-state index is 11.5. The minimum Gasteiger partial charge on any atom is -0.465 e. The molecule has 0 aliphatic carbocycles. The van der Waals surface area contributed by atoms with Gasteiger partial charge in [0.05, 0.1) is 12.7 Å². The van der Waals surface area contributed by atoms with Gasteiger partial charge in [0.15, 0.2) is 5.76 Å². The van der Waals surface area contributed by atoms with Crippen LogP contribution < -0.4 is 0 Å². The average Bonchev–Trinajstić information content (AvgIpc) is 3.40. The van der Waals surface area contributed by atoms with Crippen molar-refractivity contribution in [1.29, 1.82) is 0 Å². The van der Waals surface area contributed by atoms with Crippen LogP contribution in [0.5, 0.6) is 0 Å². The Morgan fingerprint density at radius 2 is 1.68 bits per heavy atom. The number of aromatic nitrogens is 2. The van der Waals surface area contributed by atoms with Crippen molar-refractivity contribution in [1.82, 2.24) is 10.1 Å². The number of nitrogens with zero attached hydrogens (tertiary/aromatic N) is 2. The molecule has 4 rings (SSSR count). The van der Waals surface area contributed by atoms with Crippen LogP contribution >= 0.6 is 0 Å². The van der Waals surface area contributed by atoms with Crippen LogP contribution in [-0.4, -0.2) is 23.2 Å². The Bertz CT molecular complexity index is 1070. The zero-order chi connectivity index (χ0) is 20.3. The zero-order valence-corrected chi connectivity index (χ0v) is 16.6. The van der Waals surface area contributed by atoms with E-state index in [0.29, 0.717) is 23.0 Å². The topological polar surface area (TPSA) is 78.4 Å². The summed E-state index contributed by atoms with van der Waals surface area (Å²) in [6, 6.07) is 12.8. The van der Waals surface area contributed by atoms with Crippen molar-refractivity contribution in [3.63, 3.8) is 0 Å². The van der Waals surface area contributed by atoms with Crippen LogP contribution in [0.3, 0.4) is 0 Å². The molecule has 6 heteroatoms. The third-order valence-corrected chi connectivity index (χ3v) is 4.30. The predicted molar refractivity (Wildman–Crippen MR) is 107 cm³/mol. The first kappa shape index (κ1) is 19.4. The summed E-state index contributed by atoms with van der Waals surface area (Å²) in [6.07, 6.45) is 0. The maximum atomic E-state index is 11.5. The number of methoxy groups -OCH3 is 1. The smallest absolute Gasteiger partial charge is 0.337 e. The van der Waals surface area contributed by atoms with Crippen molar-refractivity contribution in [3.05, 3.63) is 59.2 Å². The van der Waals surface area contributed by atoms with Crippen molar-refractivity contribution < 1.29 is 18.5 Å². The molecular weight excluding hydrogens is 356 g/mol. The highest BCUT2D eigenvalue weighted by Gasteiger charge is 2.17. The van der Waals surface area contributed by atoms with Gasteiger partial charge in [0.2, 0.25) is 5.82 Å². The Hall–Kier alpha value is -3.41. The molecule has 0 N–H and O–H groups in total. The first-order valence-corrected chi connectivity index (χ1v) is 9.09. The SMILES string of the molecule is CC.COC(=O)c1ccc(-c2noc(-c3cc4c(C)ccc(C)c4o3)n2)cc1. The summed E-state index contributed by atoms with van der Waals surface area (Å²) in [5, 5.41) is 5.04. The van der Waals surface area contributed by atoms with Crippen molar-refractivity contribution in [3.8, 4) is 23.0 Å². The second-order valence-electron chi connectivity index (χ2n) is 6.04. The zero-order valence-electron chi connectivity index (χ0n) is 16.6. The Morgan fingerprint density at radius 3 is 2.32 bits per heavy atom. The Balaban J connectivity index is 0.00000109. The van der Waals surface area contributed by atoms with Crippen molar-refractivity contribution in [2.24, 2.45) is 0 Å². The van der Waals surface area contributed by atoms with Gasteiger partial charge in [-0.2, -0.15) is 4.98 Å². The lowest BCUT2D eigenvalue weighted by atomic mass is 10.1. The largest absolute Gasteiger partial charge is 0.465 e. The molecule has 0 saturated heterocycles. The fraction of sp³-hybridized carbons (Fsp3) is 0.227. The predicted octanol–water partition coefficient (Wildman–Crippen LogP) is 5.58. The van der Waals surface area contributed by atoms with E-state index in [1.165, 1.54) is 7.11 Å². The number of furan rings is 1. The summed E-state index contributed by atoms with van der Waals surface area (Å²) < 4.78 is 16.0. The molecule has 0 atom stereocenters. The number of ether oxygens (including phenoxy) is 1. The minimum atomic E-state index is -0.390. The monoisotopic (exact) mass is 378 g/mol. The van der Waals surface area contributed by atoms with Crippen LogP contribution in [0.1, 0.15) is 35.3 Å². The van der Waals surface area contributed by atoms with E-state index >= 15 is 0 Å². The van der Waals surface area contributed by atoms with E-state index < -0.39 is 5.97 Å². The molecule has 0 fully saturated rings. The molecular formula is C22H22N2O4. The van der Waals surface area contributed by atoms with Gasteiger partial charge in [-0.15, -0.1) is 0 Å². The number of benzene rings is 2. The molecule has 0 radical (unpaired) electrons. The number of aryl methyl sites for hydroxylation is 2. The highest BCUT2D eigenvalue weighted by molar-refractivity contribution is 5.90. The summed E-state index contributed by atoms with van der Waals surface area (Å²) in [5.41, 5.74) is 4.19. The summed E-state index contributed by atoms with van der Waals surface area (Å²) in [4.78, 5) is 15.9. The van der Waals surface area contributed by atoms with Gasteiger partial charge in [0.25, 0.3) is 5.89 Å². The van der Waals surface area contributed by atoms with Gasteiger partial charge in [-0.25, -0.2) is 4.79 Å². The highest BCUT2D eigenvalue weighted by Crippen LogP contribution is 2.31. The summed E-state index contributed by atoms with van der Waals surface area (Å²) in [7, 11) is 1.35. The molecule has 0 aliphatic heterocycles. The van der Waals surface area contributed by atoms with Gasteiger partial charge in [-0.05, 0) is 43.2 Å².